The molecule has 31 heavy (non-hydrogen) atoms. The summed E-state index contributed by atoms with van der Waals surface area (Å²) in [5.41, 5.74) is 1.23. The Balaban J connectivity index is 1.47. The van der Waals surface area contributed by atoms with Gasteiger partial charge in [-0.15, -0.1) is 0 Å². The summed E-state index contributed by atoms with van der Waals surface area (Å²) >= 11 is 0. The lowest BCUT2D eigenvalue weighted by atomic mass is 10.1. The molecule has 0 spiro atoms. The Kier molecular flexibility index (Phi) is 6.13. The standard InChI is InChI=1S/C22H22N4O4S/c27-22(19-15-20(30-25-19)16-8-3-1-4-9-16)24-17-10-7-11-18(14-17)31(28,29)26-21-12-5-2-6-13-23-21/h1,3-4,7-11,14-15H,2,5-6,12-13H2,(H,23,26)(H,24,27). The number of benzene rings is 2. The Morgan fingerprint density at radius 2 is 1.81 bits per heavy atom. The van der Waals surface area contributed by atoms with Crippen molar-refractivity contribution in [3.63, 3.8) is 0 Å². The highest BCUT2D eigenvalue weighted by Gasteiger charge is 2.19. The molecule has 0 fully saturated rings. The second kappa shape index (κ2) is 9.13. The maximum Gasteiger partial charge on any atom is 0.277 e. The molecule has 0 bridgehead atoms. The van der Waals surface area contributed by atoms with Gasteiger partial charge in [-0.1, -0.05) is 48.0 Å². The molecule has 2 aromatic carbocycles. The zero-order valence-corrected chi connectivity index (χ0v) is 17.6. The van der Waals surface area contributed by atoms with Crippen molar-refractivity contribution in [1.29, 1.82) is 0 Å². The first-order valence-corrected chi connectivity index (χ1v) is 11.5. The van der Waals surface area contributed by atoms with Crippen molar-refractivity contribution in [1.82, 2.24) is 9.88 Å². The molecule has 1 aliphatic heterocycles. The minimum atomic E-state index is -3.80. The summed E-state index contributed by atoms with van der Waals surface area (Å²) in [5, 5.41) is 6.48. The van der Waals surface area contributed by atoms with Crippen molar-refractivity contribution < 1.29 is 17.7 Å². The maximum absolute atomic E-state index is 12.7. The smallest absolute Gasteiger partial charge is 0.277 e. The molecule has 0 radical (unpaired) electrons. The van der Waals surface area contributed by atoms with Crippen LogP contribution in [-0.2, 0) is 10.0 Å². The van der Waals surface area contributed by atoms with Gasteiger partial charge in [-0.3, -0.25) is 14.5 Å². The number of sulfonamides is 1. The number of nitrogens with one attached hydrogen (secondary N) is 2. The average Bonchev–Trinajstić information content (AvgIpc) is 3.14. The van der Waals surface area contributed by atoms with E-state index in [0.29, 0.717) is 30.2 Å². The third-order valence-corrected chi connectivity index (χ3v) is 6.21. The maximum atomic E-state index is 12.7. The molecule has 0 atom stereocenters. The Morgan fingerprint density at radius 3 is 2.65 bits per heavy atom. The number of amides is 1. The predicted octanol–water partition coefficient (Wildman–Crippen LogP) is 3.84. The number of hydrogen-bond donors (Lipinski definition) is 2. The summed E-state index contributed by atoms with van der Waals surface area (Å²) in [4.78, 5) is 16.9. The summed E-state index contributed by atoms with van der Waals surface area (Å²) in [5.74, 6) is 0.444. The summed E-state index contributed by atoms with van der Waals surface area (Å²) < 4.78 is 33.3. The van der Waals surface area contributed by atoms with Crippen molar-refractivity contribution in [2.24, 2.45) is 4.99 Å². The fourth-order valence-electron chi connectivity index (χ4n) is 3.23. The van der Waals surface area contributed by atoms with Crippen LogP contribution in [0.4, 0.5) is 5.69 Å². The largest absolute Gasteiger partial charge is 0.355 e. The zero-order valence-electron chi connectivity index (χ0n) is 16.7. The second-order valence-electron chi connectivity index (χ2n) is 7.17. The van der Waals surface area contributed by atoms with Crippen LogP contribution in [0, 0.1) is 0 Å². The van der Waals surface area contributed by atoms with Gasteiger partial charge in [-0.05, 0) is 31.0 Å². The highest BCUT2D eigenvalue weighted by Crippen LogP contribution is 2.21. The van der Waals surface area contributed by atoms with Gasteiger partial charge in [0.15, 0.2) is 11.5 Å². The minimum Gasteiger partial charge on any atom is -0.355 e. The van der Waals surface area contributed by atoms with E-state index in [-0.39, 0.29) is 10.6 Å². The van der Waals surface area contributed by atoms with Gasteiger partial charge in [-0.25, -0.2) is 8.42 Å². The Hall–Kier alpha value is -3.46. The van der Waals surface area contributed by atoms with E-state index in [1.54, 1.807) is 12.1 Å². The third kappa shape index (κ3) is 5.18. The van der Waals surface area contributed by atoms with E-state index < -0.39 is 15.9 Å². The fourth-order valence-corrected chi connectivity index (χ4v) is 4.36. The van der Waals surface area contributed by atoms with Crippen LogP contribution in [-0.4, -0.2) is 31.9 Å². The van der Waals surface area contributed by atoms with Crippen molar-refractivity contribution in [3.05, 3.63) is 66.4 Å². The molecular weight excluding hydrogens is 416 g/mol. The van der Waals surface area contributed by atoms with Crippen molar-refractivity contribution in [2.75, 3.05) is 11.9 Å². The molecule has 160 valence electrons. The van der Waals surface area contributed by atoms with E-state index in [2.05, 4.69) is 20.2 Å². The fraction of sp³-hybridized carbons (Fsp3) is 0.227. The zero-order chi connectivity index (χ0) is 21.7. The van der Waals surface area contributed by atoms with Crippen LogP contribution in [0.15, 0.2) is 75.1 Å². The SMILES string of the molecule is O=C(Nc1cccc(S(=O)(=O)NC2=NCCCCC2)c1)c1cc(-c2ccccc2)on1. The number of aliphatic imine (C=N–C) groups is 1. The van der Waals surface area contributed by atoms with E-state index >= 15 is 0 Å². The number of rotatable bonds is 5. The summed E-state index contributed by atoms with van der Waals surface area (Å²) in [7, 11) is -3.80. The molecule has 4 rings (SSSR count). The molecular formula is C22H22N4O4S. The van der Waals surface area contributed by atoms with Gasteiger partial charge in [0.05, 0.1) is 4.90 Å². The number of hydrogen-bond acceptors (Lipinski definition) is 6. The second-order valence-corrected chi connectivity index (χ2v) is 8.85. The summed E-state index contributed by atoms with van der Waals surface area (Å²) in [6.45, 7) is 0.622. The molecule has 9 heteroatoms. The van der Waals surface area contributed by atoms with Crippen molar-refractivity contribution in [2.45, 2.75) is 30.6 Å². The lowest BCUT2D eigenvalue weighted by molar-refractivity contribution is 0.101. The first kappa shape index (κ1) is 20.8. The van der Waals surface area contributed by atoms with E-state index in [0.717, 1.165) is 24.8 Å². The topological polar surface area (TPSA) is 114 Å². The molecule has 0 saturated heterocycles. The van der Waals surface area contributed by atoms with Crippen LogP contribution in [0.1, 0.15) is 36.2 Å². The summed E-state index contributed by atoms with van der Waals surface area (Å²) in [6, 6.07) is 16.9. The normalized spacial score (nSPS) is 14.4. The molecule has 1 aliphatic rings. The number of anilines is 1. The van der Waals surface area contributed by atoms with Crippen LogP contribution in [0.5, 0.6) is 0 Å². The van der Waals surface area contributed by atoms with Crippen LogP contribution in [0.3, 0.4) is 0 Å². The average molecular weight is 439 g/mol. The number of nitrogens with zero attached hydrogens (tertiary/aromatic N) is 2. The number of aromatic nitrogens is 1. The number of amidine groups is 1. The number of carbonyl (C=O) groups excluding carboxylic acids is 1. The molecule has 2 N–H and O–H groups in total. The van der Waals surface area contributed by atoms with Crippen LogP contribution in [0.2, 0.25) is 0 Å². The third-order valence-electron chi connectivity index (χ3n) is 4.83. The van der Waals surface area contributed by atoms with E-state index in [1.165, 1.54) is 18.2 Å². The summed E-state index contributed by atoms with van der Waals surface area (Å²) in [6.07, 6.45) is 3.50. The molecule has 0 saturated carbocycles. The predicted molar refractivity (Wildman–Crippen MR) is 117 cm³/mol. The van der Waals surface area contributed by atoms with Gasteiger partial charge >= 0.3 is 0 Å². The minimum absolute atomic E-state index is 0.0439. The molecule has 0 aliphatic carbocycles. The molecule has 0 unspecified atom stereocenters. The van der Waals surface area contributed by atoms with Gasteiger partial charge in [0.25, 0.3) is 15.9 Å². The van der Waals surface area contributed by atoms with Gasteiger partial charge in [-0.2, -0.15) is 0 Å². The van der Waals surface area contributed by atoms with Gasteiger partial charge in [0.2, 0.25) is 0 Å². The van der Waals surface area contributed by atoms with Gasteiger partial charge in [0, 0.05) is 30.3 Å². The van der Waals surface area contributed by atoms with Crippen molar-refractivity contribution >= 4 is 27.5 Å². The van der Waals surface area contributed by atoms with Crippen molar-refractivity contribution in [3.8, 4) is 11.3 Å². The molecule has 1 amide bonds. The number of carbonyl (C=O) groups is 1. The van der Waals surface area contributed by atoms with E-state index in [9.17, 15) is 13.2 Å². The van der Waals surface area contributed by atoms with E-state index in [1.807, 2.05) is 30.3 Å². The molecule has 3 aromatic rings. The van der Waals surface area contributed by atoms with Gasteiger partial charge < -0.3 is 9.84 Å². The first-order valence-electron chi connectivity index (χ1n) is 10.0. The Labute approximate surface area is 180 Å². The lowest BCUT2D eigenvalue weighted by Crippen LogP contribution is -2.30. The highest BCUT2D eigenvalue weighted by molar-refractivity contribution is 7.90. The lowest BCUT2D eigenvalue weighted by Gasteiger charge is -2.11. The van der Waals surface area contributed by atoms with Crippen LogP contribution < -0.4 is 10.0 Å². The van der Waals surface area contributed by atoms with Crippen LogP contribution in [0.25, 0.3) is 11.3 Å². The first-order chi connectivity index (χ1) is 15.0. The Morgan fingerprint density at radius 1 is 0.968 bits per heavy atom. The highest BCUT2D eigenvalue weighted by atomic mass is 32.2. The van der Waals surface area contributed by atoms with Gasteiger partial charge in [0.1, 0.15) is 5.84 Å². The molecule has 1 aromatic heterocycles. The van der Waals surface area contributed by atoms with Crippen LogP contribution >= 0.6 is 0 Å². The monoisotopic (exact) mass is 438 g/mol. The molecule has 2 heterocycles. The quantitative estimate of drug-likeness (QED) is 0.628. The Bertz CT molecular complexity index is 1200. The van der Waals surface area contributed by atoms with E-state index in [4.69, 9.17) is 4.52 Å². The molecule has 8 nitrogen and oxygen atoms in total.